The lowest BCUT2D eigenvalue weighted by Crippen LogP contribution is -2.23. The van der Waals surface area contributed by atoms with Crippen LogP contribution in [0, 0.1) is 0 Å². The van der Waals surface area contributed by atoms with E-state index in [0.717, 1.165) is 16.8 Å². The van der Waals surface area contributed by atoms with E-state index in [1.165, 1.54) is 10.9 Å². The van der Waals surface area contributed by atoms with E-state index in [1.807, 2.05) is 18.2 Å². The second-order valence-corrected chi connectivity index (χ2v) is 9.34. The van der Waals surface area contributed by atoms with Crippen molar-refractivity contribution >= 4 is 28.6 Å². The number of nitrogens with one attached hydrogen (secondary N) is 1. The summed E-state index contributed by atoms with van der Waals surface area (Å²) < 4.78 is 3.10. The molecule has 1 amide bonds. The van der Waals surface area contributed by atoms with Crippen LogP contribution in [0.4, 0.5) is 11.6 Å². The number of hydrogen-bond donors (Lipinski definition) is 2. The van der Waals surface area contributed by atoms with Crippen LogP contribution in [0.25, 0.3) is 16.9 Å². The zero-order chi connectivity index (χ0) is 25.6. The molecule has 0 fully saturated rings. The van der Waals surface area contributed by atoms with Crippen molar-refractivity contribution in [3.8, 4) is 5.82 Å². The molecule has 4 heterocycles. The number of nitrogens with zero attached hydrogens (tertiary/aromatic N) is 6. The van der Waals surface area contributed by atoms with Gasteiger partial charge in [0.05, 0.1) is 12.2 Å². The van der Waals surface area contributed by atoms with Crippen LogP contribution in [0.15, 0.2) is 60.0 Å². The van der Waals surface area contributed by atoms with E-state index >= 15 is 0 Å². The summed E-state index contributed by atoms with van der Waals surface area (Å²) >= 11 is 0. The Labute approximate surface area is 207 Å². The third-order valence-electron chi connectivity index (χ3n) is 6.19. The first-order chi connectivity index (χ1) is 17.2. The van der Waals surface area contributed by atoms with Gasteiger partial charge in [-0.2, -0.15) is 4.98 Å². The van der Waals surface area contributed by atoms with Crippen LogP contribution in [0.1, 0.15) is 37.6 Å². The Morgan fingerprint density at radius 1 is 1.19 bits per heavy atom. The zero-order valence-electron chi connectivity index (χ0n) is 20.4. The Bertz CT molecular complexity index is 1560. The Balaban J connectivity index is 1.57. The fraction of sp³-hybridized carbons (Fsp3) is 0.269. The van der Waals surface area contributed by atoms with Crippen molar-refractivity contribution in [3.05, 3.63) is 82.4 Å². The fourth-order valence-corrected chi connectivity index (χ4v) is 4.31. The molecule has 0 unspecified atom stereocenters. The molecule has 1 aliphatic rings. The summed E-state index contributed by atoms with van der Waals surface area (Å²) in [7, 11) is 0. The van der Waals surface area contributed by atoms with Gasteiger partial charge in [0.15, 0.2) is 11.5 Å². The molecular weight excluding hydrogens is 458 g/mol. The SMILES string of the molecule is C=CCn1c(=O)c2cnc(Nc3ccc4c(c3)CN(C(C)=O)C4)nc2n1-c1cccc(C(C)(C)O)n1. The van der Waals surface area contributed by atoms with E-state index in [1.54, 1.807) is 54.6 Å². The van der Waals surface area contributed by atoms with Gasteiger partial charge in [-0.3, -0.25) is 9.59 Å². The summed E-state index contributed by atoms with van der Waals surface area (Å²) in [6.07, 6.45) is 3.12. The molecule has 36 heavy (non-hydrogen) atoms. The third-order valence-corrected chi connectivity index (χ3v) is 6.19. The molecule has 3 aromatic heterocycles. The monoisotopic (exact) mass is 485 g/mol. The maximum atomic E-state index is 13.2. The normalized spacial score (nSPS) is 13.2. The van der Waals surface area contributed by atoms with Gasteiger partial charge in [0.1, 0.15) is 11.0 Å². The number of aromatic nitrogens is 5. The lowest BCUT2D eigenvalue weighted by molar-refractivity contribution is -0.129. The number of amides is 1. The highest BCUT2D eigenvalue weighted by atomic mass is 16.3. The molecule has 0 aliphatic carbocycles. The van der Waals surface area contributed by atoms with Crippen LogP contribution < -0.4 is 10.9 Å². The Hall–Kier alpha value is -4.31. The van der Waals surface area contributed by atoms with E-state index in [-0.39, 0.29) is 18.0 Å². The smallest absolute Gasteiger partial charge is 0.278 e. The fourth-order valence-electron chi connectivity index (χ4n) is 4.31. The first-order valence-electron chi connectivity index (χ1n) is 11.6. The number of carbonyl (C=O) groups is 1. The lowest BCUT2D eigenvalue weighted by Gasteiger charge is -2.18. The predicted molar refractivity (Wildman–Crippen MR) is 136 cm³/mol. The summed E-state index contributed by atoms with van der Waals surface area (Å²) in [5.74, 6) is 0.792. The topological polar surface area (TPSA) is 118 Å². The highest BCUT2D eigenvalue weighted by Crippen LogP contribution is 2.27. The van der Waals surface area contributed by atoms with Crippen molar-refractivity contribution in [1.29, 1.82) is 0 Å². The molecule has 5 rings (SSSR count). The molecular formula is C26H27N7O3. The zero-order valence-corrected chi connectivity index (χ0v) is 20.4. The largest absolute Gasteiger partial charge is 0.384 e. The van der Waals surface area contributed by atoms with Crippen molar-refractivity contribution in [2.75, 3.05) is 5.32 Å². The van der Waals surface area contributed by atoms with E-state index in [0.29, 0.717) is 41.6 Å². The number of aliphatic hydroxyl groups is 1. The van der Waals surface area contributed by atoms with Crippen LogP contribution >= 0.6 is 0 Å². The van der Waals surface area contributed by atoms with Gasteiger partial charge >= 0.3 is 0 Å². The Morgan fingerprint density at radius 2 is 1.97 bits per heavy atom. The first kappa shape index (κ1) is 23.4. The summed E-state index contributed by atoms with van der Waals surface area (Å²) in [4.78, 5) is 40.3. The lowest BCUT2D eigenvalue weighted by atomic mass is 10.1. The second-order valence-electron chi connectivity index (χ2n) is 9.34. The minimum atomic E-state index is -1.16. The minimum absolute atomic E-state index is 0.0405. The quantitative estimate of drug-likeness (QED) is 0.403. The number of anilines is 2. The number of rotatable bonds is 6. The maximum absolute atomic E-state index is 13.2. The van der Waals surface area contributed by atoms with E-state index in [4.69, 9.17) is 0 Å². The third kappa shape index (κ3) is 4.16. The Morgan fingerprint density at radius 3 is 2.69 bits per heavy atom. The number of hydrogen-bond acceptors (Lipinski definition) is 7. The molecule has 0 saturated heterocycles. The first-order valence-corrected chi connectivity index (χ1v) is 11.6. The molecule has 10 heteroatoms. The average molecular weight is 486 g/mol. The predicted octanol–water partition coefficient (Wildman–Crippen LogP) is 3.00. The van der Waals surface area contributed by atoms with Crippen molar-refractivity contribution in [1.82, 2.24) is 29.2 Å². The van der Waals surface area contributed by atoms with Crippen LogP contribution in [0.2, 0.25) is 0 Å². The van der Waals surface area contributed by atoms with Crippen molar-refractivity contribution in [3.63, 3.8) is 0 Å². The second kappa shape index (κ2) is 8.72. The number of benzene rings is 1. The molecule has 0 saturated carbocycles. The molecule has 0 bridgehead atoms. The van der Waals surface area contributed by atoms with Gasteiger partial charge in [-0.15, -0.1) is 6.58 Å². The van der Waals surface area contributed by atoms with Gasteiger partial charge in [-0.05, 0) is 49.2 Å². The molecule has 2 N–H and O–H groups in total. The van der Waals surface area contributed by atoms with Gasteiger partial charge < -0.3 is 15.3 Å². The average Bonchev–Trinajstić information content (AvgIpc) is 3.38. The summed E-state index contributed by atoms with van der Waals surface area (Å²) in [5.41, 5.74) is 2.37. The number of allylic oxidation sites excluding steroid dienone is 1. The number of fused-ring (bicyclic) bond motifs is 2. The van der Waals surface area contributed by atoms with Crippen LogP contribution in [0.5, 0.6) is 0 Å². The highest BCUT2D eigenvalue weighted by Gasteiger charge is 2.23. The molecule has 1 aromatic carbocycles. The van der Waals surface area contributed by atoms with E-state index < -0.39 is 5.60 Å². The van der Waals surface area contributed by atoms with Crippen LogP contribution in [-0.4, -0.2) is 40.2 Å². The van der Waals surface area contributed by atoms with E-state index in [9.17, 15) is 14.7 Å². The molecule has 184 valence electrons. The van der Waals surface area contributed by atoms with Crippen molar-refractivity contribution in [2.45, 2.75) is 46.0 Å². The standard InChI is InChI=1S/C26H27N7O3/c1-5-11-32-24(35)20-13-27-25(28-19-10-9-17-14-31(16(2)34)15-18(17)12-19)30-23(20)33(32)22-8-6-7-21(29-22)26(3,4)36/h5-10,12-13,36H,1,11,14-15H2,2-4H3,(H,27,28,30). The van der Waals surface area contributed by atoms with Gasteiger partial charge in [0, 0.05) is 31.9 Å². The maximum Gasteiger partial charge on any atom is 0.278 e. The van der Waals surface area contributed by atoms with Gasteiger partial charge in [0.25, 0.3) is 5.56 Å². The minimum Gasteiger partial charge on any atom is -0.384 e. The molecule has 4 aromatic rings. The molecule has 1 aliphatic heterocycles. The van der Waals surface area contributed by atoms with Gasteiger partial charge in [-0.25, -0.2) is 19.3 Å². The van der Waals surface area contributed by atoms with Gasteiger partial charge in [-0.1, -0.05) is 18.2 Å². The van der Waals surface area contributed by atoms with Crippen LogP contribution in [0.3, 0.4) is 0 Å². The Kier molecular flexibility index (Phi) is 5.68. The number of pyridine rings is 1. The summed E-state index contributed by atoms with van der Waals surface area (Å²) in [6.45, 7) is 10.1. The van der Waals surface area contributed by atoms with E-state index in [2.05, 4.69) is 26.8 Å². The molecule has 10 nitrogen and oxygen atoms in total. The molecule has 0 spiro atoms. The summed E-state index contributed by atoms with van der Waals surface area (Å²) in [6, 6.07) is 11.1. The van der Waals surface area contributed by atoms with Crippen molar-refractivity contribution < 1.29 is 9.90 Å². The number of carbonyl (C=O) groups excluding carboxylic acids is 1. The summed E-state index contributed by atoms with van der Waals surface area (Å²) in [5, 5.41) is 14.0. The highest BCUT2D eigenvalue weighted by molar-refractivity contribution is 5.77. The molecule has 0 atom stereocenters. The van der Waals surface area contributed by atoms with Crippen molar-refractivity contribution in [2.24, 2.45) is 0 Å². The van der Waals surface area contributed by atoms with Crippen LogP contribution in [-0.2, 0) is 30.0 Å². The van der Waals surface area contributed by atoms with Gasteiger partial charge in [0.2, 0.25) is 11.9 Å². The molecule has 0 radical (unpaired) electrons.